The molecule has 9 nitrogen and oxygen atoms in total. The zero-order valence-electron chi connectivity index (χ0n) is 22.8. The third-order valence-electron chi connectivity index (χ3n) is 7.55. The Morgan fingerprint density at radius 3 is 2.35 bits per heavy atom. The van der Waals surface area contributed by atoms with Crippen LogP contribution in [0.5, 0.6) is 0 Å². The highest BCUT2D eigenvalue weighted by atomic mass is 16.5. The molecule has 3 heterocycles. The first-order chi connectivity index (χ1) is 19.6. The number of amides is 1. The highest BCUT2D eigenvalue weighted by Gasteiger charge is 2.16. The number of benzene rings is 3. The number of ether oxygens (including phenoxy) is 1. The highest BCUT2D eigenvalue weighted by molar-refractivity contribution is 5.95. The van der Waals surface area contributed by atoms with Crippen molar-refractivity contribution in [2.75, 3.05) is 81.6 Å². The van der Waals surface area contributed by atoms with Gasteiger partial charge in [0.15, 0.2) is 0 Å². The molecular formula is C31H35N7O2. The average Bonchev–Trinajstić information content (AvgIpc) is 2.99. The average molecular weight is 538 g/mol. The van der Waals surface area contributed by atoms with E-state index in [9.17, 15) is 4.79 Å². The van der Waals surface area contributed by atoms with E-state index in [2.05, 4.69) is 67.7 Å². The van der Waals surface area contributed by atoms with Crippen LogP contribution in [0, 0.1) is 0 Å². The van der Waals surface area contributed by atoms with Gasteiger partial charge in [-0.15, -0.1) is 0 Å². The number of fused-ring (bicyclic) bond motifs is 1. The van der Waals surface area contributed by atoms with E-state index in [1.54, 1.807) is 0 Å². The Kier molecular flexibility index (Phi) is 7.85. The van der Waals surface area contributed by atoms with Crippen LogP contribution >= 0.6 is 0 Å². The van der Waals surface area contributed by atoms with E-state index in [0.29, 0.717) is 25.7 Å². The summed E-state index contributed by atoms with van der Waals surface area (Å²) in [6.45, 7) is 7.55. The zero-order valence-corrected chi connectivity index (χ0v) is 22.8. The van der Waals surface area contributed by atoms with Crippen LogP contribution in [0.15, 0.2) is 72.9 Å². The fourth-order valence-corrected chi connectivity index (χ4v) is 5.19. The molecule has 9 heteroatoms. The first kappa shape index (κ1) is 26.2. The van der Waals surface area contributed by atoms with Gasteiger partial charge in [-0.25, -0.2) is 9.97 Å². The number of aromatic nitrogens is 2. The summed E-state index contributed by atoms with van der Waals surface area (Å²) in [5.74, 6) is 0.541. The van der Waals surface area contributed by atoms with Gasteiger partial charge in [0.05, 0.1) is 25.3 Å². The normalized spacial score (nSPS) is 16.7. The first-order valence-electron chi connectivity index (χ1n) is 13.9. The lowest BCUT2D eigenvalue weighted by Gasteiger charge is -2.34. The van der Waals surface area contributed by atoms with Crippen LogP contribution in [0.4, 0.5) is 23.0 Å². The largest absolute Gasteiger partial charge is 0.379 e. The van der Waals surface area contributed by atoms with Gasteiger partial charge in [0, 0.05) is 73.5 Å². The molecule has 3 aromatic carbocycles. The summed E-state index contributed by atoms with van der Waals surface area (Å²) in [6.07, 6.45) is 1.85. The minimum Gasteiger partial charge on any atom is -0.379 e. The second kappa shape index (κ2) is 12.0. The predicted octanol–water partition coefficient (Wildman–Crippen LogP) is 4.06. The summed E-state index contributed by atoms with van der Waals surface area (Å²) in [5.41, 5.74) is 5.88. The van der Waals surface area contributed by atoms with Crippen molar-refractivity contribution in [3.8, 4) is 11.1 Å². The Bertz CT molecular complexity index is 1450. The molecule has 0 unspecified atom stereocenters. The van der Waals surface area contributed by atoms with Crippen molar-refractivity contribution in [3.63, 3.8) is 0 Å². The molecule has 4 aromatic rings. The number of para-hydroxylation sites is 1. The van der Waals surface area contributed by atoms with E-state index in [-0.39, 0.29) is 5.91 Å². The maximum atomic E-state index is 12.5. The number of hydrogen-bond donors (Lipinski definition) is 2. The molecule has 2 aliphatic heterocycles. The van der Waals surface area contributed by atoms with Gasteiger partial charge in [-0.1, -0.05) is 30.3 Å². The molecule has 2 fully saturated rings. The third kappa shape index (κ3) is 6.22. The molecule has 6 rings (SSSR count). The number of nitrogens with zero attached hydrogens (tertiary/aromatic N) is 5. The van der Waals surface area contributed by atoms with Crippen LogP contribution in [0.2, 0.25) is 0 Å². The lowest BCUT2D eigenvalue weighted by Crippen LogP contribution is -2.44. The van der Waals surface area contributed by atoms with Gasteiger partial charge in [-0.3, -0.25) is 9.69 Å². The van der Waals surface area contributed by atoms with E-state index in [1.165, 1.54) is 5.69 Å². The van der Waals surface area contributed by atoms with Crippen molar-refractivity contribution in [2.24, 2.45) is 0 Å². The molecule has 0 spiro atoms. The van der Waals surface area contributed by atoms with Gasteiger partial charge in [-0.05, 0) is 49.0 Å². The second-order valence-corrected chi connectivity index (χ2v) is 10.4. The predicted molar refractivity (Wildman–Crippen MR) is 160 cm³/mol. The number of likely N-dealkylation sites (N-methyl/N-ethyl adjacent to an activating group) is 1. The van der Waals surface area contributed by atoms with E-state index >= 15 is 0 Å². The number of piperazine rings is 1. The molecule has 0 radical (unpaired) electrons. The van der Waals surface area contributed by atoms with E-state index in [1.807, 2.05) is 42.6 Å². The van der Waals surface area contributed by atoms with Gasteiger partial charge in [0.1, 0.15) is 0 Å². The first-order valence-corrected chi connectivity index (χ1v) is 13.9. The Hall–Kier alpha value is -4.05. The van der Waals surface area contributed by atoms with Gasteiger partial charge in [0.2, 0.25) is 11.9 Å². The number of carbonyl (C=O) groups excluding carboxylic acids is 1. The summed E-state index contributed by atoms with van der Waals surface area (Å²) >= 11 is 0. The van der Waals surface area contributed by atoms with Gasteiger partial charge >= 0.3 is 0 Å². The molecule has 40 heavy (non-hydrogen) atoms. The quantitative estimate of drug-likeness (QED) is 0.365. The Morgan fingerprint density at radius 2 is 1.60 bits per heavy atom. The van der Waals surface area contributed by atoms with E-state index < -0.39 is 0 Å². The van der Waals surface area contributed by atoms with Crippen molar-refractivity contribution in [1.82, 2.24) is 19.8 Å². The number of hydrogen-bond acceptors (Lipinski definition) is 8. The molecular weight excluding hydrogens is 502 g/mol. The van der Waals surface area contributed by atoms with Gasteiger partial charge < -0.3 is 25.2 Å². The molecule has 1 aromatic heterocycles. The minimum atomic E-state index is -0.0140. The topological polar surface area (TPSA) is 85.9 Å². The van der Waals surface area contributed by atoms with Gasteiger partial charge in [0.25, 0.3) is 0 Å². The lowest BCUT2D eigenvalue weighted by molar-refractivity contribution is -0.118. The maximum absolute atomic E-state index is 12.5. The Balaban J connectivity index is 1.14. The van der Waals surface area contributed by atoms with Crippen LogP contribution in [0.25, 0.3) is 22.0 Å². The summed E-state index contributed by atoms with van der Waals surface area (Å²) in [7, 11) is 2.17. The van der Waals surface area contributed by atoms with Crippen molar-refractivity contribution in [2.45, 2.75) is 0 Å². The number of rotatable bonds is 7. The van der Waals surface area contributed by atoms with E-state index in [4.69, 9.17) is 9.72 Å². The van der Waals surface area contributed by atoms with Crippen molar-refractivity contribution < 1.29 is 9.53 Å². The van der Waals surface area contributed by atoms with Crippen LogP contribution < -0.4 is 15.5 Å². The molecule has 0 aliphatic carbocycles. The molecule has 2 saturated heterocycles. The molecule has 2 N–H and O–H groups in total. The maximum Gasteiger partial charge on any atom is 0.238 e. The smallest absolute Gasteiger partial charge is 0.238 e. The molecule has 0 bridgehead atoms. The number of morpholine rings is 1. The van der Waals surface area contributed by atoms with Crippen LogP contribution in [-0.2, 0) is 9.53 Å². The van der Waals surface area contributed by atoms with E-state index in [0.717, 1.165) is 72.7 Å². The van der Waals surface area contributed by atoms with Crippen LogP contribution in [-0.4, -0.2) is 91.7 Å². The van der Waals surface area contributed by atoms with Crippen molar-refractivity contribution in [1.29, 1.82) is 0 Å². The summed E-state index contributed by atoms with van der Waals surface area (Å²) < 4.78 is 5.36. The summed E-state index contributed by atoms with van der Waals surface area (Å²) in [6, 6.07) is 22.5. The Labute approximate surface area is 234 Å². The zero-order chi connectivity index (χ0) is 27.3. The fourth-order valence-electron chi connectivity index (χ4n) is 5.19. The second-order valence-electron chi connectivity index (χ2n) is 10.4. The lowest BCUT2D eigenvalue weighted by atomic mass is 10.0. The molecule has 0 saturated carbocycles. The monoisotopic (exact) mass is 537 g/mol. The highest BCUT2D eigenvalue weighted by Crippen LogP contribution is 2.29. The molecule has 2 aliphatic rings. The van der Waals surface area contributed by atoms with Crippen molar-refractivity contribution >= 4 is 39.8 Å². The minimum absolute atomic E-state index is 0.0140. The number of nitrogens with one attached hydrogen (secondary N) is 2. The summed E-state index contributed by atoms with van der Waals surface area (Å²) in [5, 5.41) is 7.34. The van der Waals surface area contributed by atoms with Crippen LogP contribution in [0.3, 0.4) is 0 Å². The fraction of sp³-hybridized carbons (Fsp3) is 0.323. The third-order valence-corrected chi connectivity index (χ3v) is 7.55. The molecule has 206 valence electrons. The SMILES string of the molecule is CN1CCN(c2ccc(Nc3ncc4cccc(-c5ccc(NC(=O)CN6CCOCC6)cc5)c4n3)cc2)CC1. The van der Waals surface area contributed by atoms with Crippen molar-refractivity contribution in [3.05, 3.63) is 72.9 Å². The Morgan fingerprint density at radius 1 is 0.875 bits per heavy atom. The van der Waals surface area contributed by atoms with Gasteiger partial charge in [-0.2, -0.15) is 0 Å². The summed E-state index contributed by atoms with van der Waals surface area (Å²) in [4.78, 5) is 28.8. The standard InChI is InChI=1S/C31H35N7O2/c1-36-13-15-38(16-14-36)27-11-9-26(10-12-27)34-31-32-21-24-3-2-4-28(30(24)35-31)23-5-7-25(8-6-23)33-29(39)22-37-17-19-40-20-18-37/h2-12,21H,13-20,22H2,1H3,(H,33,39)(H,32,34,35). The molecule has 0 atom stereocenters. The number of carbonyl (C=O) groups is 1. The van der Waals surface area contributed by atoms with Crippen LogP contribution in [0.1, 0.15) is 0 Å². The number of anilines is 4. The molecule has 1 amide bonds.